The molecule has 5 rings (SSSR count). The van der Waals surface area contributed by atoms with Crippen molar-refractivity contribution >= 4 is 24.4 Å². The van der Waals surface area contributed by atoms with E-state index < -0.39 is 53.2 Å². The molecule has 0 bridgehead atoms. The van der Waals surface area contributed by atoms with E-state index in [-0.39, 0.29) is 12.4 Å². The van der Waals surface area contributed by atoms with Gasteiger partial charge in [-0.15, -0.1) is 0 Å². The first-order valence-electron chi connectivity index (χ1n) is 13.7. The summed E-state index contributed by atoms with van der Waals surface area (Å²) in [5, 5.41) is 27.8. The molecular weight excluding hydrogens is 589 g/mol. The number of carbonyl (C=O) groups excluding carboxylic acids is 1. The fraction of sp³-hybridized carbons (Fsp3) is 0.152. The Morgan fingerprint density at radius 3 is 1.91 bits per heavy atom. The van der Waals surface area contributed by atoms with Gasteiger partial charge in [0.15, 0.2) is 17.2 Å². The van der Waals surface area contributed by atoms with E-state index in [1.165, 1.54) is 17.0 Å². The molecule has 1 atom stereocenters. The molecule has 0 fully saturated rings. The molecule has 0 saturated carbocycles. The van der Waals surface area contributed by atoms with E-state index in [0.29, 0.717) is 12.0 Å². The van der Waals surface area contributed by atoms with Crippen molar-refractivity contribution in [2.45, 2.75) is 31.8 Å². The van der Waals surface area contributed by atoms with Gasteiger partial charge in [0.25, 0.3) is 5.91 Å². The molecule has 0 aromatic heterocycles. The fourth-order valence-corrected chi connectivity index (χ4v) is 5.41. The molecule has 1 aliphatic rings. The summed E-state index contributed by atoms with van der Waals surface area (Å²) >= 11 is 0. The molecule has 45 heavy (non-hydrogen) atoms. The highest BCUT2D eigenvalue weighted by Gasteiger charge is 2.33. The zero-order chi connectivity index (χ0) is 32.1. The van der Waals surface area contributed by atoms with Crippen LogP contribution >= 0.6 is 0 Å². The second kappa shape index (κ2) is 13.2. The summed E-state index contributed by atoms with van der Waals surface area (Å²) in [4.78, 5) is 50.2. The number of halogens is 1. The summed E-state index contributed by atoms with van der Waals surface area (Å²) in [5.41, 5.74) is 3.88. The normalized spacial score (nSPS) is 13.7. The van der Waals surface area contributed by atoms with E-state index in [9.17, 15) is 33.8 Å². The SMILES string of the molecule is O=C(O)Oc1cc(OC(=O)O)c(C(=O)N(Cc2ccc(-c3ccc(F)cc3)cc2)[C@H]2CCCc3ccccc32)cc1OC(=O)O. The standard InChI is InChI=1S/C33H26FNO10/c34-23-14-12-21(13-15-23)20-10-8-19(9-11-20)18-35(26-7-3-5-22-4-1-2-6-24(22)26)30(36)25-16-28(44-32(39)40)29(45-33(41)42)17-27(25)43-31(37)38/h1-2,4,6,8-17,26H,3,5,7,18H2,(H,37,38)(H,39,40)(H,41,42)/t26-/m0/s1. The van der Waals surface area contributed by atoms with Gasteiger partial charge in [0.1, 0.15) is 5.82 Å². The van der Waals surface area contributed by atoms with Gasteiger partial charge >= 0.3 is 18.5 Å². The Labute approximate surface area is 255 Å². The van der Waals surface area contributed by atoms with Gasteiger partial charge in [-0.05, 0) is 59.2 Å². The number of benzene rings is 4. The Balaban J connectivity index is 1.59. The zero-order valence-corrected chi connectivity index (χ0v) is 23.5. The van der Waals surface area contributed by atoms with Gasteiger partial charge in [-0.25, -0.2) is 18.8 Å². The van der Waals surface area contributed by atoms with Crippen molar-refractivity contribution < 1.29 is 53.1 Å². The van der Waals surface area contributed by atoms with Crippen molar-refractivity contribution in [1.29, 1.82) is 0 Å². The van der Waals surface area contributed by atoms with Gasteiger partial charge in [-0.2, -0.15) is 0 Å². The van der Waals surface area contributed by atoms with Crippen LogP contribution in [0.1, 0.15) is 45.9 Å². The summed E-state index contributed by atoms with van der Waals surface area (Å²) in [6, 6.07) is 22.1. The summed E-state index contributed by atoms with van der Waals surface area (Å²) in [6.45, 7) is 0.0521. The monoisotopic (exact) mass is 615 g/mol. The molecule has 0 saturated heterocycles. The number of rotatable bonds is 8. The third-order valence-corrected chi connectivity index (χ3v) is 7.33. The molecular formula is C33H26FNO10. The van der Waals surface area contributed by atoms with Crippen molar-refractivity contribution in [3.05, 3.63) is 113 Å². The number of hydrogen-bond acceptors (Lipinski definition) is 7. The van der Waals surface area contributed by atoms with Crippen LogP contribution in [0.4, 0.5) is 18.8 Å². The van der Waals surface area contributed by atoms with Gasteiger partial charge in [0.2, 0.25) is 0 Å². The second-order valence-corrected chi connectivity index (χ2v) is 10.1. The van der Waals surface area contributed by atoms with Crippen LogP contribution in [0.5, 0.6) is 17.2 Å². The van der Waals surface area contributed by atoms with Crippen molar-refractivity contribution in [3.63, 3.8) is 0 Å². The molecule has 11 nitrogen and oxygen atoms in total. The number of aryl methyl sites for hydroxylation is 1. The molecule has 230 valence electrons. The third-order valence-electron chi connectivity index (χ3n) is 7.33. The maximum atomic E-state index is 14.4. The smallest absolute Gasteiger partial charge is 0.449 e. The quantitative estimate of drug-likeness (QED) is 0.135. The number of nitrogens with zero attached hydrogens (tertiary/aromatic N) is 1. The molecule has 0 heterocycles. The lowest BCUT2D eigenvalue weighted by atomic mass is 9.86. The topological polar surface area (TPSA) is 160 Å². The van der Waals surface area contributed by atoms with Crippen LogP contribution in [0, 0.1) is 5.82 Å². The van der Waals surface area contributed by atoms with E-state index >= 15 is 0 Å². The third kappa shape index (κ3) is 7.19. The molecule has 4 aromatic carbocycles. The van der Waals surface area contributed by atoms with E-state index in [0.717, 1.165) is 47.2 Å². The van der Waals surface area contributed by atoms with Crippen molar-refractivity contribution in [2.75, 3.05) is 0 Å². The largest absolute Gasteiger partial charge is 0.511 e. The lowest BCUT2D eigenvalue weighted by Gasteiger charge is -2.36. The van der Waals surface area contributed by atoms with Gasteiger partial charge in [-0.1, -0.05) is 60.7 Å². The first-order valence-corrected chi connectivity index (χ1v) is 13.7. The maximum Gasteiger partial charge on any atom is 0.511 e. The Kier molecular flexibility index (Phi) is 8.94. The van der Waals surface area contributed by atoms with E-state index in [2.05, 4.69) is 4.74 Å². The average Bonchev–Trinajstić information content (AvgIpc) is 3.00. The molecule has 4 aromatic rings. The number of hydrogen-bond donors (Lipinski definition) is 3. The Hall–Kier alpha value is -5.91. The first kappa shape index (κ1) is 30.5. The van der Waals surface area contributed by atoms with Gasteiger partial charge in [0.05, 0.1) is 11.6 Å². The number of amides is 1. The van der Waals surface area contributed by atoms with Crippen LogP contribution in [-0.4, -0.2) is 44.6 Å². The number of carbonyl (C=O) groups is 4. The first-order chi connectivity index (χ1) is 21.6. The average molecular weight is 616 g/mol. The molecule has 1 amide bonds. The van der Waals surface area contributed by atoms with E-state index in [1.54, 1.807) is 12.1 Å². The second-order valence-electron chi connectivity index (χ2n) is 10.1. The Morgan fingerprint density at radius 2 is 1.29 bits per heavy atom. The van der Waals surface area contributed by atoms with Crippen LogP contribution < -0.4 is 14.2 Å². The summed E-state index contributed by atoms with van der Waals surface area (Å²) in [6.07, 6.45) is -3.34. The summed E-state index contributed by atoms with van der Waals surface area (Å²) in [7, 11) is 0. The molecule has 12 heteroatoms. The highest BCUT2D eigenvalue weighted by molar-refractivity contribution is 5.99. The lowest BCUT2D eigenvalue weighted by Crippen LogP contribution is -2.36. The summed E-state index contributed by atoms with van der Waals surface area (Å²) in [5.74, 6) is -3.01. The Bertz CT molecular complexity index is 1750. The lowest BCUT2D eigenvalue weighted by molar-refractivity contribution is 0.0633. The van der Waals surface area contributed by atoms with Crippen LogP contribution in [0.25, 0.3) is 11.1 Å². The number of fused-ring (bicyclic) bond motifs is 1. The molecule has 0 aliphatic heterocycles. The van der Waals surface area contributed by atoms with Crippen molar-refractivity contribution in [3.8, 4) is 28.4 Å². The zero-order valence-electron chi connectivity index (χ0n) is 23.5. The van der Waals surface area contributed by atoms with Gasteiger partial charge < -0.3 is 34.4 Å². The highest BCUT2D eigenvalue weighted by atomic mass is 19.1. The van der Waals surface area contributed by atoms with Crippen molar-refractivity contribution in [2.24, 2.45) is 0 Å². The van der Waals surface area contributed by atoms with Crippen LogP contribution in [0.2, 0.25) is 0 Å². The maximum absolute atomic E-state index is 14.4. The minimum Gasteiger partial charge on any atom is -0.449 e. The number of ether oxygens (including phenoxy) is 3. The number of carboxylic acid groups (broad SMARTS) is 3. The van der Waals surface area contributed by atoms with Crippen LogP contribution in [-0.2, 0) is 13.0 Å². The Morgan fingerprint density at radius 1 is 0.733 bits per heavy atom. The summed E-state index contributed by atoms with van der Waals surface area (Å²) < 4.78 is 27.5. The highest BCUT2D eigenvalue weighted by Crippen LogP contribution is 2.40. The fourth-order valence-electron chi connectivity index (χ4n) is 5.41. The van der Waals surface area contributed by atoms with Crippen LogP contribution in [0.15, 0.2) is 84.9 Å². The molecule has 1 aliphatic carbocycles. The minimum atomic E-state index is -1.84. The van der Waals surface area contributed by atoms with E-state index in [1.807, 2.05) is 48.5 Å². The molecule has 0 spiro atoms. The van der Waals surface area contributed by atoms with E-state index in [4.69, 9.17) is 14.6 Å². The predicted molar refractivity (Wildman–Crippen MR) is 156 cm³/mol. The molecule has 0 radical (unpaired) electrons. The predicted octanol–water partition coefficient (Wildman–Crippen LogP) is 7.38. The molecule has 0 unspecified atom stereocenters. The van der Waals surface area contributed by atoms with Gasteiger partial charge in [0, 0.05) is 18.7 Å². The molecule has 3 N–H and O–H groups in total. The van der Waals surface area contributed by atoms with Gasteiger partial charge in [-0.3, -0.25) is 4.79 Å². The van der Waals surface area contributed by atoms with Crippen molar-refractivity contribution in [1.82, 2.24) is 4.90 Å². The minimum absolute atomic E-state index is 0.0521. The van der Waals surface area contributed by atoms with Crippen LogP contribution in [0.3, 0.4) is 0 Å².